The summed E-state index contributed by atoms with van der Waals surface area (Å²) >= 11 is 0. The molecule has 0 aliphatic carbocycles. The minimum Gasteiger partial charge on any atom is -0.479 e. The normalized spacial score (nSPS) is 25.2. The van der Waals surface area contributed by atoms with E-state index in [9.17, 15) is 4.79 Å². The molecule has 0 spiro atoms. The number of rotatable bonds is 5. The van der Waals surface area contributed by atoms with Gasteiger partial charge in [-0.05, 0) is 19.8 Å². The highest BCUT2D eigenvalue weighted by Gasteiger charge is 2.30. The molecule has 1 saturated heterocycles. The van der Waals surface area contributed by atoms with Crippen molar-refractivity contribution < 1.29 is 14.6 Å². The van der Waals surface area contributed by atoms with Crippen LogP contribution in [-0.2, 0) is 16.6 Å². The first-order valence-electron chi connectivity index (χ1n) is 6.03. The second-order valence-corrected chi connectivity index (χ2v) is 4.59. The minimum atomic E-state index is -0.876. The lowest BCUT2D eigenvalue weighted by atomic mass is 10.2. The molecule has 0 aromatic carbocycles. The van der Waals surface area contributed by atoms with E-state index < -0.39 is 12.1 Å². The highest BCUT2D eigenvalue weighted by Crippen LogP contribution is 2.20. The molecule has 0 radical (unpaired) electrons. The fourth-order valence-corrected chi connectivity index (χ4v) is 2.12. The summed E-state index contributed by atoms with van der Waals surface area (Å²) < 4.78 is 7.27. The van der Waals surface area contributed by atoms with E-state index in [1.807, 2.05) is 18.5 Å². The van der Waals surface area contributed by atoms with E-state index in [2.05, 4.69) is 15.5 Å². The number of carbonyl (C=O) groups is 1. The maximum absolute atomic E-state index is 10.7. The summed E-state index contributed by atoms with van der Waals surface area (Å²) in [6.45, 7) is 2.62. The van der Waals surface area contributed by atoms with Crippen LogP contribution in [0.3, 0.4) is 0 Å². The van der Waals surface area contributed by atoms with Gasteiger partial charge in [-0.1, -0.05) is 0 Å². The van der Waals surface area contributed by atoms with Crippen LogP contribution in [-0.4, -0.2) is 44.6 Å². The number of hydrogen-bond acceptors (Lipinski definition) is 5. The molecular formula is C11H18N4O3. The van der Waals surface area contributed by atoms with Gasteiger partial charge in [-0.25, -0.2) is 4.79 Å². The number of aryl methyl sites for hydroxylation is 1. The number of aromatic nitrogens is 3. The molecule has 1 aromatic heterocycles. The first-order chi connectivity index (χ1) is 8.58. The number of carboxylic acids is 1. The van der Waals surface area contributed by atoms with Crippen molar-refractivity contribution >= 4 is 5.97 Å². The summed E-state index contributed by atoms with van der Waals surface area (Å²) in [5.74, 6) is -0.0263. The molecule has 7 heteroatoms. The highest BCUT2D eigenvalue weighted by molar-refractivity contribution is 5.72. The molecule has 7 nitrogen and oxygen atoms in total. The van der Waals surface area contributed by atoms with Gasteiger partial charge >= 0.3 is 5.97 Å². The number of hydrogen-bond donors (Lipinski definition) is 2. The van der Waals surface area contributed by atoms with Gasteiger partial charge in [0.05, 0.1) is 12.1 Å². The summed E-state index contributed by atoms with van der Waals surface area (Å²) in [7, 11) is 1.89. The van der Waals surface area contributed by atoms with Gasteiger partial charge < -0.3 is 19.7 Å². The zero-order chi connectivity index (χ0) is 13.1. The fourth-order valence-electron chi connectivity index (χ4n) is 2.12. The molecule has 1 aromatic rings. The molecule has 18 heavy (non-hydrogen) atoms. The number of ether oxygens (including phenoxy) is 1. The van der Waals surface area contributed by atoms with Crippen LogP contribution in [0.2, 0.25) is 0 Å². The van der Waals surface area contributed by atoms with Crippen molar-refractivity contribution in [1.82, 2.24) is 20.1 Å². The van der Waals surface area contributed by atoms with Gasteiger partial charge in [0.25, 0.3) is 0 Å². The van der Waals surface area contributed by atoms with Gasteiger partial charge in [-0.2, -0.15) is 0 Å². The van der Waals surface area contributed by atoms with Crippen molar-refractivity contribution in [1.29, 1.82) is 0 Å². The van der Waals surface area contributed by atoms with Crippen molar-refractivity contribution in [3.63, 3.8) is 0 Å². The first-order valence-corrected chi connectivity index (χ1v) is 6.03. The topological polar surface area (TPSA) is 89.3 Å². The Morgan fingerprint density at radius 3 is 3.06 bits per heavy atom. The van der Waals surface area contributed by atoms with E-state index in [4.69, 9.17) is 9.84 Å². The molecule has 1 aliphatic heterocycles. The zero-order valence-corrected chi connectivity index (χ0v) is 10.5. The van der Waals surface area contributed by atoms with Gasteiger partial charge in [0.15, 0.2) is 6.10 Å². The van der Waals surface area contributed by atoms with Gasteiger partial charge in [-0.3, -0.25) is 0 Å². The van der Waals surface area contributed by atoms with E-state index in [1.165, 1.54) is 0 Å². The third-order valence-electron chi connectivity index (χ3n) is 3.17. The number of carboxylic acid groups (broad SMARTS) is 1. The summed E-state index contributed by atoms with van der Waals surface area (Å²) in [6, 6.07) is 0.0602. The summed E-state index contributed by atoms with van der Waals surface area (Å²) in [6.07, 6.45) is 2.32. The Hall–Kier alpha value is -1.47. The lowest BCUT2D eigenvalue weighted by Gasteiger charge is -2.16. The number of nitrogens with zero attached hydrogens (tertiary/aromatic N) is 3. The Kier molecular flexibility index (Phi) is 3.93. The van der Waals surface area contributed by atoms with Crippen LogP contribution >= 0.6 is 0 Å². The van der Waals surface area contributed by atoms with Crippen molar-refractivity contribution in [3.8, 4) is 0 Å². The van der Waals surface area contributed by atoms with E-state index in [-0.39, 0.29) is 12.1 Å². The molecular weight excluding hydrogens is 236 g/mol. The van der Waals surface area contributed by atoms with E-state index >= 15 is 0 Å². The predicted molar refractivity (Wildman–Crippen MR) is 63.0 cm³/mol. The largest absolute Gasteiger partial charge is 0.479 e. The molecule has 1 aliphatic rings. The van der Waals surface area contributed by atoms with E-state index in [1.54, 1.807) is 6.33 Å². The Labute approximate surface area is 105 Å². The highest BCUT2D eigenvalue weighted by atomic mass is 16.5. The minimum absolute atomic E-state index is 0.0400. The Bertz CT molecular complexity index is 420. The van der Waals surface area contributed by atoms with Crippen LogP contribution in [0.5, 0.6) is 0 Å². The maximum atomic E-state index is 10.7. The summed E-state index contributed by atoms with van der Waals surface area (Å²) in [5.41, 5.74) is 0. The molecule has 3 unspecified atom stereocenters. The van der Waals surface area contributed by atoms with Crippen molar-refractivity contribution in [2.75, 3.05) is 6.54 Å². The number of nitrogens with one attached hydrogen (secondary N) is 1. The van der Waals surface area contributed by atoms with Gasteiger partial charge in [0.2, 0.25) is 0 Å². The Balaban J connectivity index is 1.79. The van der Waals surface area contributed by atoms with Crippen LogP contribution in [0.15, 0.2) is 6.33 Å². The SMILES string of the molecule is CC(NCC1CCC(C(=O)O)O1)c1nncn1C. The molecule has 100 valence electrons. The maximum Gasteiger partial charge on any atom is 0.332 e. The average molecular weight is 254 g/mol. The van der Waals surface area contributed by atoms with E-state index in [0.717, 1.165) is 12.2 Å². The summed E-state index contributed by atoms with van der Waals surface area (Å²) in [4.78, 5) is 10.7. The standard InChI is InChI=1S/C11H18N4O3/c1-7(10-14-13-6-15(10)2)12-5-8-3-4-9(18-8)11(16)17/h6-9,12H,3-5H2,1-2H3,(H,16,17). The molecule has 2 rings (SSSR count). The lowest BCUT2D eigenvalue weighted by molar-refractivity contribution is -0.149. The van der Waals surface area contributed by atoms with Crippen LogP contribution in [0, 0.1) is 0 Å². The second-order valence-electron chi connectivity index (χ2n) is 4.59. The van der Waals surface area contributed by atoms with Crippen LogP contribution < -0.4 is 5.32 Å². The quantitative estimate of drug-likeness (QED) is 0.774. The number of aliphatic carboxylic acids is 1. The smallest absolute Gasteiger partial charge is 0.332 e. The van der Waals surface area contributed by atoms with Crippen molar-refractivity contribution in [2.24, 2.45) is 7.05 Å². The molecule has 0 saturated carbocycles. The van der Waals surface area contributed by atoms with Crippen LogP contribution in [0.4, 0.5) is 0 Å². The molecule has 1 fully saturated rings. The summed E-state index contributed by atoms with van der Waals surface area (Å²) in [5, 5.41) is 20.0. The Morgan fingerprint density at radius 1 is 1.72 bits per heavy atom. The van der Waals surface area contributed by atoms with Crippen molar-refractivity contribution in [3.05, 3.63) is 12.2 Å². The fraction of sp³-hybridized carbons (Fsp3) is 0.727. The molecule has 3 atom stereocenters. The monoisotopic (exact) mass is 254 g/mol. The average Bonchev–Trinajstić information content (AvgIpc) is 2.94. The Morgan fingerprint density at radius 2 is 2.50 bits per heavy atom. The van der Waals surface area contributed by atoms with Gasteiger partial charge in [0.1, 0.15) is 12.2 Å². The van der Waals surface area contributed by atoms with Gasteiger partial charge in [-0.15, -0.1) is 10.2 Å². The van der Waals surface area contributed by atoms with Crippen LogP contribution in [0.25, 0.3) is 0 Å². The zero-order valence-electron chi connectivity index (χ0n) is 10.5. The molecule has 2 heterocycles. The lowest BCUT2D eigenvalue weighted by Crippen LogP contribution is -2.31. The second kappa shape index (κ2) is 5.45. The molecule has 0 bridgehead atoms. The van der Waals surface area contributed by atoms with Crippen LogP contribution in [0.1, 0.15) is 31.6 Å². The molecule has 0 amide bonds. The third kappa shape index (κ3) is 2.85. The predicted octanol–water partition coefficient (Wildman–Crippen LogP) is 0.0979. The molecule has 2 N–H and O–H groups in total. The van der Waals surface area contributed by atoms with Crippen molar-refractivity contribution in [2.45, 2.75) is 38.0 Å². The third-order valence-corrected chi connectivity index (χ3v) is 3.17. The van der Waals surface area contributed by atoms with Gasteiger partial charge in [0, 0.05) is 13.6 Å². The first kappa shape index (κ1) is 13.0. The van der Waals surface area contributed by atoms with E-state index in [0.29, 0.717) is 13.0 Å².